The Morgan fingerprint density at radius 1 is 0.933 bits per heavy atom. The maximum Gasteiger partial charge on any atom is 0.330 e. The molecular formula is C24H31O5P. The second kappa shape index (κ2) is 11.6. The van der Waals surface area contributed by atoms with Gasteiger partial charge in [0, 0.05) is 11.8 Å². The number of rotatable bonds is 11. The molecule has 0 saturated heterocycles. The van der Waals surface area contributed by atoms with Gasteiger partial charge in [0.15, 0.2) is 0 Å². The van der Waals surface area contributed by atoms with E-state index in [4.69, 9.17) is 14.2 Å². The van der Waals surface area contributed by atoms with E-state index in [9.17, 15) is 9.69 Å². The third-order valence-electron chi connectivity index (χ3n) is 5.91. The van der Waals surface area contributed by atoms with Gasteiger partial charge in [0.2, 0.25) is 0 Å². The fourth-order valence-electron chi connectivity index (χ4n) is 4.30. The second-order valence-electron chi connectivity index (χ2n) is 7.89. The highest BCUT2D eigenvalue weighted by Crippen LogP contribution is 2.48. The number of unbranched alkanes of at least 4 members (excludes halogenated alkanes) is 2. The summed E-state index contributed by atoms with van der Waals surface area (Å²) in [5, 5.41) is 8.63. The first-order valence-corrected chi connectivity index (χ1v) is 11.8. The summed E-state index contributed by atoms with van der Waals surface area (Å²) in [5.41, 5.74) is 2.64. The van der Waals surface area contributed by atoms with E-state index in [0.717, 1.165) is 38.5 Å². The average Bonchev–Trinajstić information content (AvgIpc) is 2.78. The van der Waals surface area contributed by atoms with Crippen LogP contribution in [-0.4, -0.2) is 28.7 Å². The molecule has 2 aromatic rings. The summed E-state index contributed by atoms with van der Waals surface area (Å²) in [7, 11) is -1.89. The van der Waals surface area contributed by atoms with Crippen molar-refractivity contribution in [3.63, 3.8) is 0 Å². The number of hydrogen-bond donors (Lipinski definition) is 2. The topological polar surface area (TPSA) is 76.0 Å². The Morgan fingerprint density at radius 2 is 1.50 bits per heavy atom. The van der Waals surface area contributed by atoms with Crippen LogP contribution in [-0.2, 0) is 19.3 Å². The largest absolute Gasteiger partial charge is 0.481 e. The minimum Gasteiger partial charge on any atom is -0.481 e. The lowest BCUT2D eigenvalue weighted by Crippen LogP contribution is -2.35. The highest BCUT2D eigenvalue weighted by molar-refractivity contribution is 7.40. The maximum atomic E-state index is 10.5. The highest BCUT2D eigenvalue weighted by atomic mass is 31.2. The molecule has 1 atom stereocenters. The molecular weight excluding hydrogens is 399 g/mol. The fraction of sp³-hybridized carbons (Fsp3) is 0.458. The van der Waals surface area contributed by atoms with E-state index < -0.39 is 14.6 Å². The number of carbonyl (C=O) groups is 1. The zero-order valence-electron chi connectivity index (χ0n) is 17.3. The maximum absolute atomic E-state index is 10.5. The van der Waals surface area contributed by atoms with Crippen LogP contribution in [0.25, 0.3) is 0 Å². The molecule has 5 nitrogen and oxygen atoms in total. The van der Waals surface area contributed by atoms with Crippen LogP contribution < -0.4 is 0 Å². The predicted molar refractivity (Wildman–Crippen MR) is 118 cm³/mol. The Kier molecular flexibility index (Phi) is 8.83. The van der Waals surface area contributed by atoms with Crippen molar-refractivity contribution < 1.29 is 23.8 Å². The second-order valence-corrected chi connectivity index (χ2v) is 8.84. The van der Waals surface area contributed by atoms with E-state index >= 15 is 0 Å². The first kappa shape index (κ1) is 22.9. The molecule has 3 rings (SSSR count). The third kappa shape index (κ3) is 6.36. The smallest absolute Gasteiger partial charge is 0.330 e. The molecule has 0 aromatic heterocycles. The lowest BCUT2D eigenvalue weighted by atomic mass is 9.65. The summed E-state index contributed by atoms with van der Waals surface area (Å²) < 4.78 is 11.2. The van der Waals surface area contributed by atoms with Crippen molar-refractivity contribution in [1.29, 1.82) is 0 Å². The number of carboxylic acid groups (broad SMARTS) is 1. The summed E-state index contributed by atoms with van der Waals surface area (Å²) >= 11 is 0. The molecule has 2 aromatic carbocycles. The molecule has 1 aliphatic rings. The number of benzene rings is 2. The van der Waals surface area contributed by atoms with Crippen LogP contribution in [0.4, 0.5) is 0 Å². The van der Waals surface area contributed by atoms with Crippen LogP contribution in [0, 0.1) is 0 Å². The van der Waals surface area contributed by atoms with Crippen LogP contribution in [0.1, 0.15) is 62.5 Å². The van der Waals surface area contributed by atoms with Crippen LogP contribution in [0.5, 0.6) is 0 Å². The zero-order valence-corrected chi connectivity index (χ0v) is 18.2. The van der Waals surface area contributed by atoms with Crippen molar-refractivity contribution in [3.05, 3.63) is 71.8 Å². The van der Waals surface area contributed by atoms with Crippen molar-refractivity contribution in [2.24, 2.45) is 0 Å². The van der Waals surface area contributed by atoms with Gasteiger partial charge in [0.1, 0.15) is 0 Å². The van der Waals surface area contributed by atoms with Gasteiger partial charge >= 0.3 is 14.6 Å². The molecule has 1 unspecified atom stereocenters. The summed E-state index contributed by atoms with van der Waals surface area (Å²) in [6.07, 6.45) is 5.96. The molecule has 2 N–H and O–H groups in total. The van der Waals surface area contributed by atoms with Gasteiger partial charge in [0.25, 0.3) is 0 Å². The zero-order chi connectivity index (χ0) is 21.2. The predicted octanol–water partition coefficient (Wildman–Crippen LogP) is 5.81. The molecule has 1 aliphatic carbocycles. The van der Waals surface area contributed by atoms with E-state index in [2.05, 4.69) is 60.7 Å². The summed E-state index contributed by atoms with van der Waals surface area (Å²) in [6, 6.07) is 21.3. The first-order chi connectivity index (χ1) is 14.6. The molecule has 0 bridgehead atoms. The normalized spacial score (nSPS) is 17.5. The Hall–Kier alpha value is -1.78. The fourth-order valence-corrected chi connectivity index (χ4v) is 5.12. The molecule has 0 amide bonds. The molecule has 6 heteroatoms. The van der Waals surface area contributed by atoms with E-state index in [1.54, 1.807) is 0 Å². The summed E-state index contributed by atoms with van der Waals surface area (Å²) in [4.78, 5) is 20.6. The minimum atomic E-state index is -1.89. The van der Waals surface area contributed by atoms with Gasteiger partial charge in [-0.15, -0.1) is 0 Å². The van der Waals surface area contributed by atoms with Gasteiger partial charge in [-0.25, -0.2) is 0 Å². The molecule has 0 aliphatic heterocycles. The van der Waals surface area contributed by atoms with Crippen molar-refractivity contribution in [3.8, 4) is 0 Å². The van der Waals surface area contributed by atoms with Gasteiger partial charge in [-0.3, -0.25) is 4.79 Å². The average molecular weight is 430 g/mol. The van der Waals surface area contributed by atoms with E-state index in [0.29, 0.717) is 13.0 Å². The third-order valence-corrected chi connectivity index (χ3v) is 6.80. The Bertz CT molecular complexity index is 718. The Morgan fingerprint density at radius 3 is 2.03 bits per heavy atom. The van der Waals surface area contributed by atoms with Gasteiger partial charge in [-0.05, 0) is 49.7 Å². The Labute approximate surface area is 180 Å². The Balaban J connectivity index is 1.50. The number of carboxylic acids is 1. The first-order valence-electron chi connectivity index (χ1n) is 10.7. The molecule has 1 saturated carbocycles. The van der Waals surface area contributed by atoms with Gasteiger partial charge in [0.05, 0.1) is 12.7 Å². The molecule has 0 heterocycles. The molecule has 1 fully saturated rings. The van der Waals surface area contributed by atoms with E-state index in [-0.39, 0.29) is 17.9 Å². The van der Waals surface area contributed by atoms with Gasteiger partial charge in [-0.2, -0.15) is 0 Å². The van der Waals surface area contributed by atoms with Crippen LogP contribution >= 0.6 is 8.60 Å². The molecule has 30 heavy (non-hydrogen) atoms. The molecule has 0 spiro atoms. The van der Waals surface area contributed by atoms with Crippen molar-refractivity contribution in [2.45, 2.75) is 62.9 Å². The SMILES string of the molecule is O=C(O)CCCCCOP(O)OC1CCC(c2ccccc2)(c2ccccc2)CC1. The van der Waals surface area contributed by atoms with Crippen molar-refractivity contribution in [1.82, 2.24) is 0 Å². The minimum absolute atomic E-state index is 0.00586. The highest BCUT2D eigenvalue weighted by Gasteiger charge is 2.39. The van der Waals surface area contributed by atoms with Crippen LogP contribution in [0.2, 0.25) is 0 Å². The lowest BCUT2D eigenvalue weighted by molar-refractivity contribution is -0.137. The van der Waals surface area contributed by atoms with E-state index in [1.165, 1.54) is 11.1 Å². The van der Waals surface area contributed by atoms with Crippen molar-refractivity contribution >= 4 is 14.6 Å². The summed E-state index contributed by atoms with van der Waals surface area (Å²) in [6.45, 7) is 0.395. The van der Waals surface area contributed by atoms with Crippen LogP contribution in [0.3, 0.4) is 0 Å². The number of aliphatic carboxylic acids is 1. The van der Waals surface area contributed by atoms with E-state index in [1.807, 2.05) is 0 Å². The summed E-state index contributed by atoms with van der Waals surface area (Å²) in [5.74, 6) is -0.775. The van der Waals surface area contributed by atoms with Gasteiger partial charge in [-0.1, -0.05) is 67.1 Å². The standard InChI is InChI=1S/C24H31O5P/c25-23(26)14-8-3-9-19-28-30(27)29-22-15-17-24(18-16-22,20-10-4-1-5-11-20)21-12-6-2-7-13-21/h1-2,4-7,10-13,22,27H,3,8-9,14-19H2,(H,25,26). The quantitative estimate of drug-likeness (QED) is 0.347. The lowest BCUT2D eigenvalue weighted by Gasteiger charge is -2.41. The van der Waals surface area contributed by atoms with Gasteiger partial charge < -0.3 is 19.0 Å². The van der Waals surface area contributed by atoms with Crippen molar-refractivity contribution in [2.75, 3.05) is 6.61 Å². The molecule has 0 radical (unpaired) electrons. The number of hydrogen-bond acceptors (Lipinski definition) is 4. The monoisotopic (exact) mass is 430 g/mol. The van der Waals surface area contributed by atoms with Crippen LogP contribution in [0.15, 0.2) is 60.7 Å². The molecule has 162 valence electrons.